The number of aryl methyl sites for hydroxylation is 1. The summed E-state index contributed by atoms with van der Waals surface area (Å²) in [5.74, 6) is 8.58. The van der Waals surface area contributed by atoms with E-state index in [-0.39, 0.29) is 6.04 Å². The van der Waals surface area contributed by atoms with Crippen LogP contribution in [0.15, 0.2) is 114 Å². The monoisotopic (exact) mass is 568 g/mol. The molecule has 43 heavy (non-hydrogen) atoms. The molecule has 214 valence electrons. The Labute approximate surface area is 251 Å². The molecule has 0 bridgehead atoms. The summed E-state index contributed by atoms with van der Waals surface area (Å²) >= 11 is 0. The predicted octanol–water partition coefficient (Wildman–Crippen LogP) is 7.83. The van der Waals surface area contributed by atoms with Crippen LogP contribution in [0, 0.1) is 18.8 Å². The number of benzene rings is 4. The maximum absolute atomic E-state index is 12.1. The van der Waals surface area contributed by atoms with Gasteiger partial charge in [0.1, 0.15) is 23.3 Å². The number of hydrogen-bond donors (Lipinski definition) is 1. The van der Waals surface area contributed by atoms with Crippen LogP contribution in [0.2, 0.25) is 0 Å². The van der Waals surface area contributed by atoms with Gasteiger partial charge in [0.2, 0.25) is 5.89 Å². The van der Waals surface area contributed by atoms with Crippen LogP contribution < -0.4 is 4.74 Å². The summed E-state index contributed by atoms with van der Waals surface area (Å²) < 4.78 is 11.8. The number of hydrogen-bond acceptors (Lipinski definition) is 5. The van der Waals surface area contributed by atoms with Gasteiger partial charge in [0.25, 0.3) is 0 Å². The van der Waals surface area contributed by atoms with Gasteiger partial charge in [-0.25, -0.2) is 4.98 Å². The Morgan fingerprint density at radius 1 is 0.907 bits per heavy atom. The highest BCUT2D eigenvalue weighted by Crippen LogP contribution is 2.38. The standard InChI is InChI=1S/C37H32N2O4/c1-26-33(38-36(42-26)30-10-4-2-5-11-30)14-8-9-27-15-19-29(20-16-27)34-23-24-35(37(40)41)39(34)25-28-17-21-32(22-18-28)43-31-12-6-3-7-13-31/h2-7,10-13,15-22,34-35H,14,23-25H2,1H3,(H,40,41)/t34-,35-/m0/s1. The highest BCUT2D eigenvalue weighted by Gasteiger charge is 2.38. The third-order valence-corrected chi connectivity index (χ3v) is 7.76. The Kier molecular flexibility index (Phi) is 8.35. The first kappa shape index (κ1) is 28.0. The number of rotatable bonds is 8. The topological polar surface area (TPSA) is 75.8 Å². The zero-order valence-corrected chi connectivity index (χ0v) is 23.9. The molecule has 1 fully saturated rings. The van der Waals surface area contributed by atoms with Crippen LogP contribution in [-0.4, -0.2) is 27.0 Å². The van der Waals surface area contributed by atoms with Gasteiger partial charge >= 0.3 is 5.97 Å². The Morgan fingerprint density at radius 2 is 1.58 bits per heavy atom. The Balaban J connectivity index is 1.12. The lowest BCUT2D eigenvalue weighted by Gasteiger charge is -2.28. The number of ether oxygens (including phenoxy) is 1. The Hall–Kier alpha value is -5.12. The molecule has 1 N–H and O–H groups in total. The highest BCUT2D eigenvalue weighted by atomic mass is 16.5. The van der Waals surface area contributed by atoms with Crippen LogP contribution in [0.5, 0.6) is 11.5 Å². The van der Waals surface area contributed by atoms with Gasteiger partial charge in [0, 0.05) is 23.7 Å². The average Bonchev–Trinajstić information content (AvgIpc) is 3.63. The molecule has 0 radical (unpaired) electrons. The summed E-state index contributed by atoms with van der Waals surface area (Å²) in [7, 11) is 0. The molecule has 1 aliphatic heterocycles. The van der Waals surface area contributed by atoms with E-state index in [0.29, 0.717) is 25.3 Å². The largest absolute Gasteiger partial charge is 0.480 e. The van der Waals surface area contributed by atoms with Gasteiger partial charge in [-0.1, -0.05) is 72.5 Å². The predicted molar refractivity (Wildman–Crippen MR) is 166 cm³/mol. The van der Waals surface area contributed by atoms with Crippen molar-refractivity contribution in [1.82, 2.24) is 9.88 Å². The summed E-state index contributed by atoms with van der Waals surface area (Å²) in [5.41, 5.74) is 4.82. The van der Waals surface area contributed by atoms with Crippen molar-refractivity contribution < 1.29 is 19.1 Å². The molecule has 2 heterocycles. The van der Waals surface area contributed by atoms with Crippen LogP contribution in [0.3, 0.4) is 0 Å². The molecule has 0 aliphatic carbocycles. The van der Waals surface area contributed by atoms with Crippen molar-refractivity contribution in [1.29, 1.82) is 0 Å². The van der Waals surface area contributed by atoms with Gasteiger partial charge in [0.05, 0.1) is 12.1 Å². The number of likely N-dealkylation sites (tertiary alicyclic amines) is 1. The lowest BCUT2D eigenvalue weighted by atomic mass is 10.0. The third kappa shape index (κ3) is 6.69. The van der Waals surface area contributed by atoms with E-state index < -0.39 is 12.0 Å². The summed E-state index contributed by atoms with van der Waals surface area (Å²) in [5, 5.41) is 9.96. The third-order valence-electron chi connectivity index (χ3n) is 7.76. The molecule has 6 nitrogen and oxygen atoms in total. The van der Waals surface area contributed by atoms with Gasteiger partial charge in [0.15, 0.2) is 0 Å². The van der Waals surface area contributed by atoms with Crippen molar-refractivity contribution in [2.45, 2.75) is 44.8 Å². The number of oxazole rings is 1. The van der Waals surface area contributed by atoms with Gasteiger partial charge in [-0.05, 0) is 79.4 Å². The molecule has 2 atom stereocenters. The van der Waals surface area contributed by atoms with Crippen LogP contribution >= 0.6 is 0 Å². The normalized spacial score (nSPS) is 16.4. The first-order chi connectivity index (χ1) is 21.0. The van der Waals surface area contributed by atoms with Crippen molar-refractivity contribution in [2.24, 2.45) is 0 Å². The fourth-order valence-corrected chi connectivity index (χ4v) is 5.52. The second kappa shape index (κ2) is 12.8. The molecule has 1 saturated heterocycles. The minimum atomic E-state index is -0.785. The zero-order chi connectivity index (χ0) is 29.6. The van der Waals surface area contributed by atoms with Crippen LogP contribution in [-0.2, 0) is 17.8 Å². The van der Waals surface area contributed by atoms with Crippen molar-refractivity contribution in [3.63, 3.8) is 0 Å². The van der Waals surface area contributed by atoms with Crippen molar-refractivity contribution in [3.8, 4) is 34.8 Å². The molecule has 1 aliphatic rings. The molecule has 1 aromatic heterocycles. The average molecular weight is 569 g/mol. The van der Waals surface area contributed by atoms with E-state index in [0.717, 1.165) is 51.6 Å². The van der Waals surface area contributed by atoms with Gasteiger partial charge in [-0.2, -0.15) is 0 Å². The summed E-state index contributed by atoms with van der Waals surface area (Å²) in [6.07, 6.45) is 1.89. The van der Waals surface area contributed by atoms with E-state index in [4.69, 9.17) is 9.15 Å². The van der Waals surface area contributed by atoms with E-state index in [9.17, 15) is 9.90 Å². The number of carbonyl (C=O) groups is 1. The number of nitrogens with zero attached hydrogens (tertiary/aromatic N) is 2. The summed E-state index contributed by atoms with van der Waals surface area (Å²) in [6.45, 7) is 2.45. The summed E-state index contributed by atoms with van der Waals surface area (Å²) in [6, 6.07) is 35.0. The lowest BCUT2D eigenvalue weighted by molar-refractivity contribution is -0.142. The SMILES string of the molecule is Cc1oc(-c2ccccc2)nc1CC#Cc1ccc([C@@H]2CC[C@@H](C(=O)O)N2Cc2ccc(Oc3ccccc3)cc2)cc1. The zero-order valence-electron chi connectivity index (χ0n) is 23.9. The number of aromatic nitrogens is 1. The van der Waals surface area contributed by atoms with Crippen molar-refractivity contribution in [3.05, 3.63) is 137 Å². The van der Waals surface area contributed by atoms with Gasteiger partial charge in [-0.3, -0.25) is 9.69 Å². The van der Waals surface area contributed by atoms with E-state index in [1.807, 2.05) is 104 Å². The molecular formula is C37H32N2O4. The number of para-hydroxylation sites is 1. The van der Waals surface area contributed by atoms with Crippen molar-refractivity contribution in [2.75, 3.05) is 0 Å². The van der Waals surface area contributed by atoms with E-state index in [1.54, 1.807) is 0 Å². The number of carboxylic acid groups (broad SMARTS) is 1. The fourth-order valence-electron chi connectivity index (χ4n) is 5.52. The van der Waals surface area contributed by atoms with E-state index >= 15 is 0 Å². The second-order valence-electron chi connectivity index (χ2n) is 10.7. The quantitative estimate of drug-likeness (QED) is 0.192. The Morgan fingerprint density at radius 3 is 2.28 bits per heavy atom. The van der Waals surface area contributed by atoms with Crippen molar-refractivity contribution >= 4 is 5.97 Å². The molecule has 0 amide bonds. The second-order valence-corrected chi connectivity index (χ2v) is 10.7. The molecule has 0 spiro atoms. The fraction of sp³-hybridized carbons (Fsp3) is 0.189. The lowest BCUT2D eigenvalue weighted by Crippen LogP contribution is -2.36. The highest BCUT2D eigenvalue weighted by molar-refractivity contribution is 5.74. The Bertz CT molecular complexity index is 1730. The van der Waals surface area contributed by atoms with E-state index in [1.165, 1.54) is 0 Å². The smallest absolute Gasteiger partial charge is 0.320 e. The first-order valence-corrected chi connectivity index (χ1v) is 14.4. The van der Waals surface area contributed by atoms with E-state index in [2.05, 4.69) is 33.9 Å². The van der Waals surface area contributed by atoms with Crippen LogP contribution in [0.1, 0.15) is 47.0 Å². The van der Waals surface area contributed by atoms with Crippen LogP contribution in [0.4, 0.5) is 0 Å². The van der Waals surface area contributed by atoms with Gasteiger partial charge in [-0.15, -0.1) is 0 Å². The first-order valence-electron chi connectivity index (χ1n) is 14.4. The summed E-state index contributed by atoms with van der Waals surface area (Å²) in [4.78, 5) is 18.9. The minimum absolute atomic E-state index is 0.0116. The molecule has 5 aromatic rings. The minimum Gasteiger partial charge on any atom is -0.480 e. The van der Waals surface area contributed by atoms with Crippen LogP contribution in [0.25, 0.3) is 11.5 Å². The number of aliphatic carboxylic acids is 1. The molecule has 6 rings (SSSR count). The maximum Gasteiger partial charge on any atom is 0.320 e. The molecule has 6 heteroatoms. The van der Waals surface area contributed by atoms with Gasteiger partial charge < -0.3 is 14.3 Å². The maximum atomic E-state index is 12.1. The molecule has 4 aromatic carbocycles. The number of carboxylic acids is 1. The molecule has 0 saturated carbocycles. The molecule has 0 unspecified atom stereocenters. The molecular weight excluding hydrogens is 536 g/mol.